The zero-order valence-corrected chi connectivity index (χ0v) is 11.1. The smallest absolute Gasteiger partial charge is 0.145 e. The topological polar surface area (TPSA) is 21.7 Å². The fourth-order valence-corrected chi connectivity index (χ4v) is 2.60. The summed E-state index contributed by atoms with van der Waals surface area (Å²) in [4.78, 5) is 2.48. The Morgan fingerprint density at radius 2 is 1.88 bits per heavy atom. The van der Waals surface area contributed by atoms with Gasteiger partial charge in [-0.2, -0.15) is 0 Å². The Balaban J connectivity index is 2.67. The van der Waals surface area contributed by atoms with Gasteiger partial charge in [0.25, 0.3) is 0 Å². The quantitative estimate of drug-likeness (QED) is 0.638. The van der Waals surface area contributed by atoms with Crippen molar-refractivity contribution in [1.29, 1.82) is 0 Å². The van der Waals surface area contributed by atoms with E-state index in [4.69, 9.17) is 9.47 Å². The molecule has 0 bridgehead atoms. The number of unbranched alkanes of at least 4 members (excludes halogenated alkanes) is 1. The molecule has 3 heteroatoms. The van der Waals surface area contributed by atoms with Gasteiger partial charge in [-0.3, -0.25) is 4.90 Å². The van der Waals surface area contributed by atoms with E-state index in [1.807, 2.05) is 0 Å². The molecule has 96 valence electrons. The van der Waals surface area contributed by atoms with Gasteiger partial charge in [-0.05, 0) is 32.6 Å². The van der Waals surface area contributed by atoms with Crippen LogP contribution in [0.15, 0.2) is 0 Å². The highest BCUT2D eigenvalue weighted by atomic mass is 16.6. The zero-order valence-electron chi connectivity index (χ0n) is 11.1. The first kappa shape index (κ1) is 13.9. The maximum atomic E-state index is 6.06. The predicted octanol–water partition coefficient (Wildman–Crippen LogP) is 2.65. The third kappa shape index (κ3) is 3.44. The van der Waals surface area contributed by atoms with Crippen molar-refractivity contribution in [3.8, 4) is 0 Å². The van der Waals surface area contributed by atoms with Crippen LogP contribution in [0.5, 0.6) is 0 Å². The lowest BCUT2D eigenvalue weighted by molar-refractivity contribution is -0.181. The number of nitrogens with zero attached hydrogens (tertiary/aromatic N) is 1. The highest BCUT2D eigenvalue weighted by Crippen LogP contribution is 2.28. The number of ether oxygens (including phenoxy) is 2. The lowest BCUT2D eigenvalue weighted by Crippen LogP contribution is -2.53. The summed E-state index contributed by atoms with van der Waals surface area (Å²) in [6, 6.07) is 0. The van der Waals surface area contributed by atoms with Crippen LogP contribution in [-0.4, -0.2) is 44.0 Å². The Labute approximate surface area is 100 Å². The maximum absolute atomic E-state index is 6.06. The van der Waals surface area contributed by atoms with Gasteiger partial charge in [0.05, 0.1) is 6.61 Å². The molecule has 0 aromatic rings. The molecule has 0 aromatic heterocycles. The highest BCUT2D eigenvalue weighted by Gasteiger charge is 2.38. The zero-order chi connectivity index (χ0) is 11.9. The number of methoxy groups -OCH3 is 1. The lowest BCUT2D eigenvalue weighted by Gasteiger charge is -2.41. The second-order valence-electron chi connectivity index (χ2n) is 4.61. The van der Waals surface area contributed by atoms with Crippen LogP contribution in [-0.2, 0) is 9.47 Å². The van der Waals surface area contributed by atoms with E-state index in [9.17, 15) is 0 Å². The fourth-order valence-electron chi connectivity index (χ4n) is 2.60. The first-order chi connectivity index (χ1) is 7.79. The van der Waals surface area contributed by atoms with E-state index >= 15 is 0 Å². The van der Waals surface area contributed by atoms with Gasteiger partial charge < -0.3 is 9.47 Å². The van der Waals surface area contributed by atoms with E-state index in [1.54, 1.807) is 7.11 Å². The van der Waals surface area contributed by atoms with Crippen LogP contribution in [0.25, 0.3) is 0 Å². The molecule has 1 aliphatic rings. The Kier molecular flexibility index (Phi) is 6.32. The van der Waals surface area contributed by atoms with E-state index in [2.05, 4.69) is 18.7 Å². The minimum atomic E-state index is -0.157. The van der Waals surface area contributed by atoms with Crippen molar-refractivity contribution in [2.75, 3.05) is 33.4 Å². The van der Waals surface area contributed by atoms with Gasteiger partial charge in [0.15, 0.2) is 0 Å². The maximum Gasteiger partial charge on any atom is 0.145 e. The molecule has 0 amide bonds. The number of hydrogen-bond acceptors (Lipinski definition) is 3. The first-order valence-electron chi connectivity index (χ1n) is 6.67. The molecule has 16 heavy (non-hydrogen) atoms. The van der Waals surface area contributed by atoms with Crippen molar-refractivity contribution < 1.29 is 9.47 Å². The molecule has 1 heterocycles. The van der Waals surface area contributed by atoms with Crippen LogP contribution in [0, 0.1) is 0 Å². The average Bonchev–Trinajstić information content (AvgIpc) is 2.80. The third-order valence-electron chi connectivity index (χ3n) is 3.39. The second-order valence-corrected chi connectivity index (χ2v) is 4.61. The van der Waals surface area contributed by atoms with E-state index in [0.717, 1.165) is 26.1 Å². The Hall–Kier alpha value is -0.120. The minimum absolute atomic E-state index is 0.157. The Morgan fingerprint density at radius 1 is 1.19 bits per heavy atom. The molecule has 0 aliphatic carbocycles. The van der Waals surface area contributed by atoms with E-state index in [1.165, 1.54) is 25.7 Å². The first-order valence-corrected chi connectivity index (χ1v) is 6.67. The van der Waals surface area contributed by atoms with Gasteiger partial charge in [0.2, 0.25) is 0 Å². The predicted molar refractivity (Wildman–Crippen MR) is 66.6 cm³/mol. The summed E-state index contributed by atoms with van der Waals surface area (Å²) in [5.74, 6) is 0. The molecular weight excluding hydrogens is 202 g/mol. The van der Waals surface area contributed by atoms with Crippen molar-refractivity contribution in [3.63, 3.8) is 0 Å². The Bertz CT molecular complexity index is 173. The van der Waals surface area contributed by atoms with Crippen molar-refractivity contribution in [1.82, 2.24) is 4.90 Å². The number of likely N-dealkylation sites (tertiary alicyclic amines) is 1. The van der Waals surface area contributed by atoms with E-state index in [-0.39, 0.29) is 5.72 Å². The summed E-state index contributed by atoms with van der Waals surface area (Å²) >= 11 is 0. The molecule has 0 saturated carbocycles. The number of hydrogen-bond donors (Lipinski definition) is 0. The third-order valence-corrected chi connectivity index (χ3v) is 3.39. The monoisotopic (exact) mass is 229 g/mol. The molecule has 1 aliphatic heterocycles. The van der Waals surface area contributed by atoms with Crippen LogP contribution in [0.4, 0.5) is 0 Å². The summed E-state index contributed by atoms with van der Waals surface area (Å²) in [5, 5.41) is 0. The summed E-state index contributed by atoms with van der Waals surface area (Å²) in [6.07, 6.45) is 6.10. The van der Waals surface area contributed by atoms with Crippen molar-refractivity contribution >= 4 is 0 Å². The van der Waals surface area contributed by atoms with Crippen molar-refractivity contribution in [2.45, 2.75) is 51.7 Å². The summed E-state index contributed by atoms with van der Waals surface area (Å²) in [5.41, 5.74) is -0.157. The summed E-state index contributed by atoms with van der Waals surface area (Å²) in [6.45, 7) is 8.09. The molecule has 0 N–H and O–H groups in total. The van der Waals surface area contributed by atoms with Gasteiger partial charge in [0, 0.05) is 26.8 Å². The molecule has 1 rings (SSSR count). The van der Waals surface area contributed by atoms with Crippen LogP contribution in [0.2, 0.25) is 0 Å². The summed E-state index contributed by atoms with van der Waals surface area (Å²) < 4.78 is 11.5. The van der Waals surface area contributed by atoms with Gasteiger partial charge in [-0.25, -0.2) is 0 Å². The molecule has 3 nitrogen and oxygen atoms in total. The summed E-state index contributed by atoms with van der Waals surface area (Å²) in [7, 11) is 1.77. The van der Waals surface area contributed by atoms with Gasteiger partial charge in [0.1, 0.15) is 5.72 Å². The van der Waals surface area contributed by atoms with Crippen molar-refractivity contribution in [3.05, 3.63) is 0 Å². The largest absolute Gasteiger partial charge is 0.380 e. The molecule has 1 atom stereocenters. The number of rotatable bonds is 8. The van der Waals surface area contributed by atoms with Gasteiger partial charge in [-0.1, -0.05) is 13.3 Å². The van der Waals surface area contributed by atoms with E-state index in [0.29, 0.717) is 6.61 Å². The van der Waals surface area contributed by atoms with Crippen LogP contribution in [0.1, 0.15) is 46.0 Å². The normalized spacial score (nSPS) is 21.2. The fraction of sp³-hybridized carbons (Fsp3) is 1.00. The molecule has 0 radical (unpaired) electrons. The highest BCUT2D eigenvalue weighted by molar-refractivity contribution is 4.85. The molecular formula is C13H27NO2. The van der Waals surface area contributed by atoms with E-state index < -0.39 is 0 Å². The molecule has 1 fully saturated rings. The van der Waals surface area contributed by atoms with Crippen molar-refractivity contribution in [2.24, 2.45) is 0 Å². The van der Waals surface area contributed by atoms with Crippen LogP contribution >= 0.6 is 0 Å². The second kappa shape index (κ2) is 7.25. The minimum Gasteiger partial charge on any atom is -0.380 e. The average molecular weight is 229 g/mol. The lowest BCUT2D eigenvalue weighted by atomic mass is 10.0. The molecule has 1 unspecified atom stereocenters. The molecule has 0 aromatic carbocycles. The standard InChI is InChI=1S/C13H27NO2/c1-4-6-9-13(12-15-3,16-5-2)14-10-7-8-11-14/h4-12H2,1-3H3. The molecule has 1 saturated heterocycles. The SMILES string of the molecule is CCCCC(COC)(OCC)N1CCCC1. The van der Waals surface area contributed by atoms with Crippen LogP contribution < -0.4 is 0 Å². The molecule has 0 spiro atoms. The van der Waals surface area contributed by atoms with Gasteiger partial charge >= 0.3 is 0 Å². The van der Waals surface area contributed by atoms with Gasteiger partial charge in [-0.15, -0.1) is 0 Å². The van der Waals surface area contributed by atoms with Crippen LogP contribution in [0.3, 0.4) is 0 Å². The Morgan fingerprint density at radius 3 is 2.38 bits per heavy atom.